The molecule has 1 heterocycles. The van der Waals surface area contributed by atoms with Gasteiger partial charge in [-0.1, -0.05) is 48.0 Å². The molecule has 1 atom stereocenters. The van der Waals surface area contributed by atoms with E-state index in [4.69, 9.17) is 0 Å². The number of aryl methyl sites for hydroxylation is 1. The molecule has 9 heteroatoms. The first kappa shape index (κ1) is 22.9. The summed E-state index contributed by atoms with van der Waals surface area (Å²) in [5, 5.41) is 20.7. The van der Waals surface area contributed by atoms with Crippen LogP contribution in [0.25, 0.3) is 5.76 Å². The molecule has 0 aromatic heterocycles. The third-order valence-electron chi connectivity index (χ3n) is 5.31. The van der Waals surface area contributed by atoms with Crippen molar-refractivity contribution in [2.45, 2.75) is 19.3 Å². The fourth-order valence-electron chi connectivity index (χ4n) is 3.77. The van der Waals surface area contributed by atoms with Gasteiger partial charge in [0, 0.05) is 17.3 Å². The molecule has 0 bridgehead atoms. The van der Waals surface area contributed by atoms with Crippen LogP contribution in [0.15, 0.2) is 78.4 Å². The highest BCUT2D eigenvalue weighted by molar-refractivity contribution is 6.51. The number of ether oxygens (including phenoxy) is 1. The van der Waals surface area contributed by atoms with E-state index in [1.807, 2.05) is 6.92 Å². The standard InChI is InChI=1S/C25H18F3NO5/c1-14-5-7-16(8-6-14)22(31)20-21(15-9-11-18(30)12-10-15)29(24(33)23(20)32)17-3-2-4-19(13-17)34-25(26,27)28/h2-13,21,30-31H,1H3/b22-20+. The number of amides is 1. The number of phenols is 1. The molecular formula is C25H18F3NO5. The van der Waals surface area contributed by atoms with Gasteiger partial charge in [-0.25, -0.2) is 0 Å². The molecule has 0 saturated carbocycles. The van der Waals surface area contributed by atoms with E-state index < -0.39 is 35.6 Å². The van der Waals surface area contributed by atoms with Gasteiger partial charge in [0.05, 0.1) is 11.6 Å². The van der Waals surface area contributed by atoms with E-state index in [0.717, 1.165) is 22.6 Å². The van der Waals surface area contributed by atoms with E-state index in [9.17, 15) is 33.0 Å². The predicted octanol–water partition coefficient (Wildman–Crippen LogP) is 5.23. The molecule has 2 N–H and O–H groups in total. The van der Waals surface area contributed by atoms with Crippen LogP contribution in [0.4, 0.5) is 18.9 Å². The first-order valence-corrected chi connectivity index (χ1v) is 10.1. The van der Waals surface area contributed by atoms with Crippen LogP contribution < -0.4 is 9.64 Å². The number of hydrogen-bond acceptors (Lipinski definition) is 5. The van der Waals surface area contributed by atoms with Gasteiger partial charge in [0.15, 0.2) is 0 Å². The van der Waals surface area contributed by atoms with Crippen molar-refractivity contribution in [1.82, 2.24) is 0 Å². The van der Waals surface area contributed by atoms with Crippen molar-refractivity contribution in [2.24, 2.45) is 0 Å². The van der Waals surface area contributed by atoms with Crippen LogP contribution in [0, 0.1) is 6.92 Å². The van der Waals surface area contributed by atoms with Crippen LogP contribution in [-0.2, 0) is 9.59 Å². The second kappa shape index (κ2) is 8.58. The van der Waals surface area contributed by atoms with Crippen LogP contribution in [0.5, 0.6) is 11.5 Å². The van der Waals surface area contributed by atoms with E-state index in [1.54, 1.807) is 24.3 Å². The van der Waals surface area contributed by atoms with Crippen LogP contribution in [0.2, 0.25) is 0 Å². The Bertz CT molecular complexity index is 1280. The molecule has 1 aliphatic heterocycles. The van der Waals surface area contributed by atoms with Crippen molar-refractivity contribution >= 4 is 23.1 Å². The number of aliphatic hydroxyl groups excluding tert-OH is 1. The largest absolute Gasteiger partial charge is 0.573 e. The lowest BCUT2D eigenvalue weighted by molar-refractivity contribution is -0.274. The number of halogens is 3. The normalized spacial score (nSPS) is 17.8. The highest BCUT2D eigenvalue weighted by Crippen LogP contribution is 2.43. The zero-order valence-electron chi connectivity index (χ0n) is 17.7. The Balaban J connectivity index is 1.89. The molecule has 6 nitrogen and oxygen atoms in total. The first-order chi connectivity index (χ1) is 16.0. The predicted molar refractivity (Wildman–Crippen MR) is 117 cm³/mol. The number of carbonyl (C=O) groups excluding carboxylic acids is 2. The molecule has 174 valence electrons. The number of rotatable bonds is 4. The molecule has 1 fully saturated rings. The number of benzene rings is 3. The van der Waals surface area contributed by atoms with Crippen molar-refractivity contribution in [2.75, 3.05) is 4.90 Å². The molecule has 1 aliphatic rings. The van der Waals surface area contributed by atoms with Gasteiger partial charge >= 0.3 is 6.36 Å². The fourth-order valence-corrected chi connectivity index (χ4v) is 3.77. The molecule has 4 rings (SSSR count). The third-order valence-corrected chi connectivity index (χ3v) is 5.31. The summed E-state index contributed by atoms with van der Waals surface area (Å²) in [5.41, 5.74) is 1.29. The summed E-state index contributed by atoms with van der Waals surface area (Å²) in [7, 11) is 0. The molecule has 34 heavy (non-hydrogen) atoms. The van der Waals surface area contributed by atoms with Crippen LogP contribution >= 0.6 is 0 Å². The average Bonchev–Trinajstić information content (AvgIpc) is 3.04. The lowest BCUT2D eigenvalue weighted by atomic mass is 9.95. The molecule has 0 radical (unpaired) electrons. The summed E-state index contributed by atoms with van der Waals surface area (Å²) in [5.74, 6) is -3.11. The van der Waals surface area contributed by atoms with E-state index in [0.29, 0.717) is 11.1 Å². The summed E-state index contributed by atoms with van der Waals surface area (Å²) in [4.78, 5) is 27.1. The van der Waals surface area contributed by atoms with Gasteiger partial charge in [-0.2, -0.15) is 0 Å². The molecular weight excluding hydrogens is 451 g/mol. The Morgan fingerprint density at radius 3 is 2.24 bits per heavy atom. The summed E-state index contributed by atoms with van der Waals surface area (Å²) in [6.07, 6.45) is -4.95. The fraction of sp³-hybridized carbons (Fsp3) is 0.120. The summed E-state index contributed by atoms with van der Waals surface area (Å²) in [6.45, 7) is 1.84. The number of hydrogen-bond donors (Lipinski definition) is 2. The van der Waals surface area contributed by atoms with Gasteiger partial charge in [0.2, 0.25) is 0 Å². The van der Waals surface area contributed by atoms with Crippen LogP contribution in [-0.4, -0.2) is 28.3 Å². The number of Topliss-reactive ketones (excluding diaryl/α,β-unsaturated/α-hetero) is 1. The Hall–Kier alpha value is -4.27. The van der Waals surface area contributed by atoms with E-state index >= 15 is 0 Å². The molecule has 0 spiro atoms. The van der Waals surface area contributed by atoms with Crippen molar-refractivity contribution in [3.8, 4) is 11.5 Å². The van der Waals surface area contributed by atoms with Crippen molar-refractivity contribution in [3.05, 3.63) is 95.1 Å². The van der Waals surface area contributed by atoms with E-state index in [1.165, 1.54) is 36.4 Å². The average molecular weight is 469 g/mol. The zero-order chi connectivity index (χ0) is 24.6. The smallest absolute Gasteiger partial charge is 0.508 e. The van der Waals surface area contributed by atoms with Crippen LogP contribution in [0.3, 0.4) is 0 Å². The summed E-state index contributed by atoms with van der Waals surface area (Å²) < 4.78 is 42.2. The maximum atomic E-state index is 13.1. The minimum Gasteiger partial charge on any atom is -0.508 e. The second-order valence-corrected chi connectivity index (χ2v) is 7.67. The van der Waals surface area contributed by atoms with E-state index in [2.05, 4.69) is 4.74 Å². The quantitative estimate of drug-likeness (QED) is 0.311. The molecule has 1 amide bonds. The number of aliphatic hydroxyl groups is 1. The molecule has 1 unspecified atom stereocenters. The Morgan fingerprint density at radius 1 is 0.971 bits per heavy atom. The number of alkyl halides is 3. The minimum absolute atomic E-state index is 0.0371. The number of phenolic OH excluding ortho intramolecular Hbond substituents is 1. The second-order valence-electron chi connectivity index (χ2n) is 7.67. The SMILES string of the molecule is Cc1ccc(/C(O)=C2\C(=O)C(=O)N(c3cccc(OC(F)(F)F)c3)C2c2ccc(O)cc2)cc1. The molecule has 3 aromatic rings. The number of carbonyl (C=O) groups is 2. The Labute approximate surface area is 192 Å². The summed E-state index contributed by atoms with van der Waals surface area (Å²) in [6, 6.07) is 15.7. The minimum atomic E-state index is -4.95. The number of ketones is 1. The number of aromatic hydroxyl groups is 1. The molecule has 0 aliphatic carbocycles. The monoisotopic (exact) mass is 469 g/mol. The van der Waals surface area contributed by atoms with Gasteiger partial charge in [0.25, 0.3) is 11.7 Å². The van der Waals surface area contributed by atoms with Gasteiger partial charge in [-0.3, -0.25) is 14.5 Å². The Kier molecular flexibility index (Phi) is 5.78. The van der Waals surface area contributed by atoms with Gasteiger partial charge in [-0.05, 0) is 36.8 Å². The maximum Gasteiger partial charge on any atom is 0.573 e. The first-order valence-electron chi connectivity index (χ1n) is 10.1. The highest BCUT2D eigenvalue weighted by Gasteiger charge is 2.47. The zero-order valence-corrected chi connectivity index (χ0v) is 17.7. The van der Waals surface area contributed by atoms with Crippen molar-refractivity contribution in [1.29, 1.82) is 0 Å². The third kappa shape index (κ3) is 4.45. The number of anilines is 1. The lowest BCUT2D eigenvalue weighted by Crippen LogP contribution is -2.29. The Morgan fingerprint density at radius 2 is 1.62 bits per heavy atom. The topological polar surface area (TPSA) is 87.1 Å². The summed E-state index contributed by atoms with van der Waals surface area (Å²) >= 11 is 0. The van der Waals surface area contributed by atoms with E-state index in [-0.39, 0.29) is 17.0 Å². The highest BCUT2D eigenvalue weighted by atomic mass is 19.4. The van der Waals surface area contributed by atoms with Crippen LogP contribution in [0.1, 0.15) is 22.7 Å². The van der Waals surface area contributed by atoms with Gasteiger partial charge in [-0.15, -0.1) is 13.2 Å². The maximum absolute atomic E-state index is 13.1. The van der Waals surface area contributed by atoms with Gasteiger partial charge < -0.3 is 14.9 Å². The van der Waals surface area contributed by atoms with Gasteiger partial charge in [0.1, 0.15) is 17.3 Å². The molecule has 3 aromatic carbocycles. The molecule has 1 saturated heterocycles. The lowest BCUT2D eigenvalue weighted by Gasteiger charge is -2.26. The van der Waals surface area contributed by atoms with Crippen molar-refractivity contribution < 1.29 is 37.7 Å². The van der Waals surface area contributed by atoms with Crippen molar-refractivity contribution in [3.63, 3.8) is 0 Å². The number of nitrogens with zero attached hydrogens (tertiary/aromatic N) is 1.